The zero-order valence-corrected chi connectivity index (χ0v) is 17.5. The van der Waals surface area contributed by atoms with Gasteiger partial charge < -0.3 is 15.3 Å². The van der Waals surface area contributed by atoms with E-state index in [1.165, 1.54) is 6.92 Å². The van der Waals surface area contributed by atoms with Crippen molar-refractivity contribution < 1.29 is 28.9 Å². The molecule has 4 nitrogen and oxygen atoms in total. The number of aliphatic carboxylic acids is 1. The summed E-state index contributed by atoms with van der Waals surface area (Å²) in [7, 11) is 0. The molecule has 0 aliphatic heterocycles. The van der Waals surface area contributed by atoms with Crippen LogP contribution in [0.5, 0.6) is 0 Å². The van der Waals surface area contributed by atoms with Crippen LogP contribution in [0, 0.1) is 23.7 Å². The first-order valence-corrected chi connectivity index (χ1v) is 10.7. The third-order valence-corrected chi connectivity index (χ3v) is 6.01. The lowest BCUT2D eigenvalue weighted by Gasteiger charge is -2.30. The molecular weight excluding hydrogens is 366 g/mol. The van der Waals surface area contributed by atoms with Crippen molar-refractivity contribution in [2.75, 3.05) is 0 Å². The van der Waals surface area contributed by atoms with Crippen LogP contribution in [-0.4, -0.2) is 39.4 Å². The summed E-state index contributed by atoms with van der Waals surface area (Å²) in [6.45, 7) is 5.30. The van der Waals surface area contributed by atoms with Crippen molar-refractivity contribution in [2.45, 2.75) is 96.7 Å². The monoisotopic (exact) mass is 404 g/mol. The van der Waals surface area contributed by atoms with Crippen LogP contribution in [0.2, 0.25) is 0 Å². The number of hydrogen-bond acceptors (Lipinski definition) is 3. The lowest BCUT2D eigenvalue weighted by atomic mass is 9.84. The average molecular weight is 405 g/mol. The van der Waals surface area contributed by atoms with Crippen LogP contribution in [-0.2, 0) is 4.79 Å². The highest BCUT2D eigenvalue weighted by Crippen LogP contribution is 2.40. The van der Waals surface area contributed by atoms with E-state index in [1.54, 1.807) is 0 Å². The van der Waals surface area contributed by atoms with E-state index in [0.29, 0.717) is 38.5 Å². The van der Waals surface area contributed by atoms with Crippen LogP contribution in [0.25, 0.3) is 0 Å². The minimum atomic E-state index is -3.10. The Hall–Kier alpha value is -1.01. The van der Waals surface area contributed by atoms with Crippen molar-refractivity contribution in [2.24, 2.45) is 23.7 Å². The maximum absolute atomic E-state index is 14.4. The van der Waals surface area contributed by atoms with E-state index in [2.05, 4.69) is 0 Å². The SMILES string of the molecule is CC(C)C[C@@H](C)C(F)(F)C(O)CC[C@H]1CC[C@H](O)[C@@H]1CC=CCCCC(=O)O. The third kappa shape index (κ3) is 8.16. The molecule has 0 spiro atoms. The Labute approximate surface area is 168 Å². The molecule has 0 bridgehead atoms. The summed E-state index contributed by atoms with van der Waals surface area (Å²) in [5.74, 6) is -4.46. The Morgan fingerprint density at radius 3 is 2.50 bits per heavy atom. The minimum Gasteiger partial charge on any atom is -0.481 e. The molecule has 0 aromatic rings. The molecule has 1 unspecified atom stereocenters. The quantitative estimate of drug-likeness (QED) is 0.297. The topological polar surface area (TPSA) is 77.8 Å². The molecule has 5 atom stereocenters. The summed E-state index contributed by atoms with van der Waals surface area (Å²) in [5.41, 5.74) is 0. The molecule has 1 fully saturated rings. The molecule has 6 heteroatoms. The Balaban J connectivity index is 2.48. The van der Waals surface area contributed by atoms with Gasteiger partial charge in [0.2, 0.25) is 0 Å². The molecule has 1 aliphatic rings. The number of allylic oxidation sites excluding steroid dienone is 2. The maximum atomic E-state index is 14.4. The van der Waals surface area contributed by atoms with E-state index >= 15 is 0 Å². The van der Waals surface area contributed by atoms with Crippen molar-refractivity contribution in [1.29, 1.82) is 0 Å². The van der Waals surface area contributed by atoms with Gasteiger partial charge in [-0.3, -0.25) is 4.79 Å². The molecule has 1 aliphatic carbocycles. The minimum absolute atomic E-state index is 0.0182. The van der Waals surface area contributed by atoms with Gasteiger partial charge in [-0.25, -0.2) is 8.78 Å². The highest BCUT2D eigenvalue weighted by molar-refractivity contribution is 5.66. The van der Waals surface area contributed by atoms with Crippen LogP contribution < -0.4 is 0 Å². The van der Waals surface area contributed by atoms with Gasteiger partial charge in [0.25, 0.3) is 5.92 Å². The van der Waals surface area contributed by atoms with Crippen LogP contribution in [0.1, 0.15) is 78.6 Å². The third-order valence-electron chi connectivity index (χ3n) is 6.01. The Morgan fingerprint density at radius 2 is 1.89 bits per heavy atom. The fourth-order valence-corrected chi connectivity index (χ4v) is 4.33. The van der Waals surface area contributed by atoms with E-state index in [1.807, 2.05) is 26.0 Å². The first-order chi connectivity index (χ1) is 13.1. The van der Waals surface area contributed by atoms with Crippen molar-refractivity contribution in [3.63, 3.8) is 0 Å². The van der Waals surface area contributed by atoms with E-state index in [4.69, 9.17) is 5.11 Å². The fourth-order valence-electron chi connectivity index (χ4n) is 4.33. The standard InChI is InChI=1S/C22H38F2O4/c1-15(2)14-16(3)22(23,24)20(26)13-11-17-10-12-19(25)18(17)8-6-4-5-7-9-21(27)28/h4,6,15-20,25-26H,5,7-14H2,1-3H3,(H,27,28)/t16-,17-,18-,19+,20?/m1/s1. The van der Waals surface area contributed by atoms with E-state index < -0.39 is 30.0 Å². The lowest BCUT2D eigenvalue weighted by molar-refractivity contribution is -0.150. The molecule has 3 N–H and O–H groups in total. The highest BCUT2D eigenvalue weighted by atomic mass is 19.3. The largest absolute Gasteiger partial charge is 0.481 e. The smallest absolute Gasteiger partial charge is 0.303 e. The second-order valence-corrected chi connectivity index (χ2v) is 8.86. The van der Waals surface area contributed by atoms with Crippen molar-refractivity contribution in [1.82, 2.24) is 0 Å². The predicted octanol–water partition coefficient (Wildman–Crippen LogP) is 5.03. The first kappa shape index (κ1) is 25.0. The number of carboxylic acids is 1. The molecule has 0 heterocycles. The van der Waals surface area contributed by atoms with Gasteiger partial charge in [-0.15, -0.1) is 0 Å². The average Bonchev–Trinajstić information content (AvgIpc) is 2.94. The number of aliphatic hydroxyl groups excluding tert-OH is 2. The number of rotatable bonds is 13. The second kappa shape index (κ2) is 11.9. The van der Waals surface area contributed by atoms with Gasteiger partial charge in [-0.05, 0) is 69.1 Å². The van der Waals surface area contributed by atoms with Crippen LogP contribution in [0.15, 0.2) is 12.2 Å². The predicted molar refractivity (Wildman–Crippen MR) is 106 cm³/mol. The van der Waals surface area contributed by atoms with Crippen molar-refractivity contribution in [3.8, 4) is 0 Å². The summed E-state index contributed by atoms with van der Waals surface area (Å²) in [6, 6.07) is 0. The van der Waals surface area contributed by atoms with Gasteiger partial charge >= 0.3 is 5.97 Å². The van der Waals surface area contributed by atoms with Crippen LogP contribution in [0.4, 0.5) is 8.78 Å². The van der Waals surface area contributed by atoms with Crippen LogP contribution >= 0.6 is 0 Å². The number of hydrogen-bond donors (Lipinski definition) is 3. The molecule has 164 valence electrons. The Morgan fingerprint density at radius 1 is 1.21 bits per heavy atom. The molecule has 28 heavy (non-hydrogen) atoms. The van der Waals surface area contributed by atoms with Gasteiger partial charge in [0.05, 0.1) is 6.10 Å². The summed E-state index contributed by atoms with van der Waals surface area (Å²) in [4.78, 5) is 10.5. The Bertz CT molecular complexity index is 493. The van der Waals surface area contributed by atoms with Gasteiger partial charge in [-0.1, -0.05) is 32.9 Å². The zero-order valence-electron chi connectivity index (χ0n) is 17.5. The number of alkyl halides is 2. The van der Waals surface area contributed by atoms with Crippen molar-refractivity contribution in [3.05, 3.63) is 12.2 Å². The molecule has 0 aromatic heterocycles. The molecule has 0 radical (unpaired) electrons. The van der Waals surface area contributed by atoms with Gasteiger partial charge in [-0.2, -0.15) is 0 Å². The summed E-state index contributed by atoms with van der Waals surface area (Å²) < 4.78 is 28.9. The normalized spacial score (nSPS) is 25.5. The summed E-state index contributed by atoms with van der Waals surface area (Å²) >= 11 is 0. The number of carboxylic acid groups (broad SMARTS) is 1. The summed E-state index contributed by atoms with van der Waals surface area (Å²) in [6.07, 6.45) is 6.24. The first-order valence-electron chi connectivity index (χ1n) is 10.7. The highest BCUT2D eigenvalue weighted by Gasteiger charge is 2.44. The number of unbranched alkanes of at least 4 members (excludes halogenated alkanes) is 1. The van der Waals surface area contributed by atoms with Gasteiger partial charge in [0, 0.05) is 12.3 Å². The molecule has 0 aromatic carbocycles. The van der Waals surface area contributed by atoms with Gasteiger partial charge in [0.1, 0.15) is 6.10 Å². The lowest BCUT2D eigenvalue weighted by Crippen LogP contribution is -2.40. The number of halogens is 2. The van der Waals surface area contributed by atoms with Crippen molar-refractivity contribution >= 4 is 5.97 Å². The fraction of sp³-hybridized carbons (Fsp3) is 0.864. The summed E-state index contributed by atoms with van der Waals surface area (Å²) in [5, 5.41) is 29.0. The maximum Gasteiger partial charge on any atom is 0.303 e. The number of carbonyl (C=O) groups is 1. The number of aliphatic hydroxyl groups is 2. The zero-order chi connectivity index (χ0) is 21.3. The molecule has 1 saturated carbocycles. The van der Waals surface area contributed by atoms with Gasteiger partial charge in [0.15, 0.2) is 0 Å². The van der Waals surface area contributed by atoms with Crippen LogP contribution in [0.3, 0.4) is 0 Å². The van der Waals surface area contributed by atoms with E-state index in [0.717, 1.165) is 6.42 Å². The van der Waals surface area contributed by atoms with E-state index in [-0.39, 0.29) is 30.6 Å². The second-order valence-electron chi connectivity index (χ2n) is 8.86. The molecule has 1 rings (SSSR count). The molecule has 0 amide bonds. The Kier molecular flexibility index (Phi) is 10.6. The molecule has 0 saturated heterocycles. The molecular formula is C22H38F2O4. The van der Waals surface area contributed by atoms with E-state index in [9.17, 15) is 23.8 Å².